The highest BCUT2D eigenvalue weighted by Crippen LogP contribution is 2.17. The van der Waals surface area contributed by atoms with Gasteiger partial charge in [0, 0.05) is 36.9 Å². The lowest BCUT2D eigenvalue weighted by Gasteiger charge is -2.42. The Morgan fingerprint density at radius 3 is 2.63 bits per heavy atom. The molecule has 2 atom stereocenters. The van der Waals surface area contributed by atoms with E-state index in [1.807, 2.05) is 4.90 Å². The Hall–Kier alpha value is -1.66. The van der Waals surface area contributed by atoms with Crippen LogP contribution in [0.5, 0.6) is 0 Å². The molecule has 1 saturated heterocycles. The summed E-state index contributed by atoms with van der Waals surface area (Å²) < 4.78 is 0. The summed E-state index contributed by atoms with van der Waals surface area (Å²) >= 11 is 0. The van der Waals surface area contributed by atoms with Crippen LogP contribution in [0.4, 0.5) is 5.82 Å². The molecule has 1 aromatic heterocycles. The van der Waals surface area contributed by atoms with Gasteiger partial charge in [-0.05, 0) is 33.0 Å². The number of pyridine rings is 1. The first-order valence-electron chi connectivity index (χ1n) is 6.46. The predicted octanol–water partition coefficient (Wildman–Crippen LogP) is 0.532. The lowest BCUT2D eigenvalue weighted by Crippen LogP contribution is -2.56. The molecular formula is C13H21N5O. The third kappa shape index (κ3) is 2.85. The number of hydrogen-bond acceptors (Lipinski definition) is 5. The van der Waals surface area contributed by atoms with Gasteiger partial charge in [0.05, 0.1) is 0 Å². The molecule has 2 heterocycles. The van der Waals surface area contributed by atoms with Crippen LogP contribution in [0.3, 0.4) is 0 Å². The molecule has 6 nitrogen and oxygen atoms in total. The van der Waals surface area contributed by atoms with Gasteiger partial charge in [-0.15, -0.1) is 0 Å². The minimum absolute atomic E-state index is 0.0331. The van der Waals surface area contributed by atoms with E-state index < -0.39 is 0 Å². The minimum atomic E-state index is 0.0331. The van der Waals surface area contributed by atoms with E-state index in [1.54, 1.807) is 18.3 Å². The molecule has 0 bridgehead atoms. The molecule has 0 aromatic carbocycles. The molecule has 1 aliphatic heterocycles. The summed E-state index contributed by atoms with van der Waals surface area (Å²) in [6.45, 7) is 5.76. The number of hydrazine groups is 1. The number of carbonyl (C=O) groups excluding carboxylic acids is 1. The van der Waals surface area contributed by atoms with Gasteiger partial charge in [-0.3, -0.25) is 9.69 Å². The molecule has 104 valence electrons. The van der Waals surface area contributed by atoms with Gasteiger partial charge < -0.3 is 10.3 Å². The third-order valence-corrected chi connectivity index (χ3v) is 3.80. The number of hydrogen-bond donors (Lipinski definition) is 2. The number of nitrogen functional groups attached to an aromatic ring is 1. The molecule has 0 aliphatic carbocycles. The third-order valence-electron chi connectivity index (χ3n) is 3.80. The van der Waals surface area contributed by atoms with Crippen molar-refractivity contribution in [3.8, 4) is 0 Å². The van der Waals surface area contributed by atoms with Gasteiger partial charge in [-0.25, -0.2) is 10.8 Å². The smallest absolute Gasteiger partial charge is 0.254 e. The first-order valence-corrected chi connectivity index (χ1v) is 6.46. The highest BCUT2D eigenvalue weighted by Gasteiger charge is 2.29. The molecule has 2 unspecified atom stereocenters. The van der Waals surface area contributed by atoms with E-state index in [-0.39, 0.29) is 5.91 Å². The maximum atomic E-state index is 12.5. The molecule has 1 amide bonds. The van der Waals surface area contributed by atoms with E-state index in [1.165, 1.54) is 0 Å². The van der Waals surface area contributed by atoms with E-state index in [4.69, 9.17) is 5.84 Å². The second-order valence-electron chi connectivity index (χ2n) is 5.15. The van der Waals surface area contributed by atoms with Crippen molar-refractivity contribution in [2.45, 2.75) is 25.9 Å². The van der Waals surface area contributed by atoms with Crippen molar-refractivity contribution in [3.63, 3.8) is 0 Å². The summed E-state index contributed by atoms with van der Waals surface area (Å²) in [4.78, 5) is 20.7. The molecule has 1 fully saturated rings. The van der Waals surface area contributed by atoms with Crippen molar-refractivity contribution in [2.75, 3.05) is 25.6 Å². The quantitative estimate of drug-likeness (QED) is 0.601. The van der Waals surface area contributed by atoms with Crippen molar-refractivity contribution < 1.29 is 4.79 Å². The predicted molar refractivity (Wildman–Crippen MR) is 74.6 cm³/mol. The Bertz CT molecular complexity index is 452. The SMILES string of the molecule is CC1CN(C(=O)c2ccnc(NN)c2)CC(C)N1C. The maximum Gasteiger partial charge on any atom is 0.254 e. The van der Waals surface area contributed by atoms with Crippen molar-refractivity contribution in [1.82, 2.24) is 14.8 Å². The molecule has 0 saturated carbocycles. The van der Waals surface area contributed by atoms with E-state index in [0.717, 1.165) is 13.1 Å². The zero-order valence-corrected chi connectivity index (χ0v) is 11.6. The van der Waals surface area contributed by atoms with Gasteiger partial charge in [0.25, 0.3) is 5.91 Å². The van der Waals surface area contributed by atoms with Crippen LogP contribution in [0.1, 0.15) is 24.2 Å². The van der Waals surface area contributed by atoms with Gasteiger partial charge in [0.1, 0.15) is 5.82 Å². The van der Waals surface area contributed by atoms with E-state index >= 15 is 0 Å². The number of carbonyl (C=O) groups is 1. The Morgan fingerprint density at radius 1 is 1.42 bits per heavy atom. The average molecular weight is 263 g/mol. The van der Waals surface area contributed by atoms with Crippen LogP contribution in [0.25, 0.3) is 0 Å². The summed E-state index contributed by atoms with van der Waals surface area (Å²) in [7, 11) is 2.10. The highest BCUT2D eigenvalue weighted by molar-refractivity contribution is 5.95. The molecule has 6 heteroatoms. The number of likely N-dealkylation sites (N-methyl/N-ethyl adjacent to an activating group) is 1. The normalized spacial score (nSPS) is 24.3. The van der Waals surface area contributed by atoms with Crippen LogP contribution >= 0.6 is 0 Å². The number of piperazine rings is 1. The fourth-order valence-corrected chi connectivity index (χ4v) is 2.40. The first-order chi connectivity index (χ1) is 9.02. The molecule has 2 rings (SSSR count). The molecule has 1 aromatic rings. The Labute approximate surface area is 113 Å². The summed E-state index contributed by atoms with van der Waals surface area (Å²) in [6.07, 6.45) is 1.59. The number of nitrogens with zero attached hydrogens (tertiary/aromatic N) is 3. The second kappa shape index (κ2) is 5.54. The molecule has 1 aliphatic rings. The van der Waals surface area contributed by atoms with Crippen LogP contribution in [-0.4, -0.2) is 52.9 Å². The second-order valence-corrected chi connectivity index (χ2v) is 5.15. The van der Waals surface area contributed by atoms with Crippen molar-refractivity contribution >= 4 is 11.7 Å². The summed E-state index contributed by atoms with van der Waals surface area (Å²) in [5.41, 5.74) is 3.08. The zero-order valence-electron chi connectivity index (χ0n) is 11.6. The fraction of sp³-hybridized carbons (Fsp3) is 0.538. The van der Waals surface area contributed by atoms with E-state index in [2.05, 4.69) is 36.2 Å². The largest absolute Gasteiger partial charge is 0.336 e. The van der Waals surface area contributed by atoms with Crippen LogP contribution in [-0.2, 0) is 0 Å². The van der Waals surface area contributed by atoms with Crippen molar-refractivity contribution in [1.29, 1.82) is 0 Å². The van der Waals surface area contributed by atoms with Crippen LogP contribution in [0.2, 0.25) is 0 Å². The molecular weight excluding hydrogens is 242 g/mol. The Morgan fingerprint density at radius 2 is 2.05 bits per heavy atom. The topological polar surface area (TPSA) is 74.5 Å². The molecule has 3 N–H and O–H groups in total. The van der Waals surface area contributed by atoms with Crippen molar-refractivity contribution in [3.05, 3.63) is 23.9 Å². The number of nitrogens with two attached hydrogens (primary N) is 1. The number of nitrogens with one attached hydrogen (secondary N) is 1. The average Bonchev–Trinajstić information content (AvgIpc) is 2.43. The van der Waals surface area contributed by atoms with E-state index in [9.17, 15) is 4.79 Å². The standard InChI is InChI=1S/C13H21N5O/c1-9-7-18(8-10(2)17(9)3)13(19)11-4-5-15-12(6-11)16-14/h4-6,9-10H,7-8,14H2,1-3H3,(H,15,16). The van der Waals surface area contributed by atoms with Crippen LogP contribution in [0.15, 0.2) is 18.3 Å². The van der Waals surface area contributed by atoms with Gasteiger partial charge in [-0.2, -0.15) is 0 Å². The number of rotatable bonds is 2. The number of aromatic nitrogens is 1. The fourth-order valence-electron chi connectivity index (χ4n) is 2.40. The molecule has 0 radical (unpaired) electrons. The lowest BCUT2D eigenvalue weighted by atomic mass is 10.1. The Balaban J connectivity index is 2.15. The summed E-state index contributed by atoms with van der Waals surface area (Å²) in [6, 6.07) is 4.12. The van der Waals surface area contributed by atoms with Gasteiger partial charge in [-0.1, -0.05) is 0 Å². The molecule has 19 heavy (non-hydrogen) atoms. The Kier molecular flexibility index (Phi) is 4.01. The minimum Gasteiger partial charge on any atom is -0.336 e. The zero-order chi connectivity index (χ0) is 14.0. The summed E-state index contributed by atoms with van der Waals surface area (Å²) in [5.74, 6) is 5.85. The van der Waals surface area contributed by atoms with Gasteiger partial charge in [0.15, 0.2) is 0 Å². The number of amides is 1. The van der Waals surface area contributed by atoms with Crippen LogP contribution in [0, 0.1) is 0 Å². The van der Waals surface area contributed by atoms with Crippen molar-refractivity contribution in [2.24, 2.45) is 5.84 Å². The number of anilines is 1. The summed E-state index contributed by atoms with van der Waals surface area (Å²) in [5, 5.41) is 0. The maximum absolute atomic E-state index is 12.5. The van der Waals surface area contributed by atoms with Gasteiger partial charge >= 0.3 is 0 Å². The molecule has 0 spiro atoms. The highest BCUT2D eigenvalue weighted by atomic mass is 16.2. The van der Waals surface area contributed by atoms with Crippen LogP contribution < -0.4 is 11.3 Å². The lowest BCUT2D eigenvalue weighted by molar-refractivity contribution is 0.0414. The van der Waals surface area contributed by atoms with Gasteiger partial charge in [0.2, 0.25) is 0 Å². The van der Waals surface area contributed by atoms with E-state index in [0.29, 0.717) is 23.5 Å². The monoisotopic (exact) mass is 263 g/mol. The first kappa shape index (κ1) is 13.8.